The zero-order chi connectivity index (χ0) is 46.9. The summed E-state index contributed by atoms with van der Waals surface area (Å²) in [6.45, 7) is 5.15. The second kappa shape index (κ2) is 14.6. The Morgan fingerprint density at radius 1 is 0.415 bits per heavy atom. The fraction of sp³-hybridized carbons (Fsp3) is 0.0732. The van der Waals surface area contributed by atoms with E-state index in [0.29, 0.717) is 27.9 Å². The molecule has 7 aromatic carbocycles. The molecule has 0 spiro atoms. The summed E-state index contributed by atoms with van der Waals surface area (Å²) in [4.78, 5) is 3.17. The van der Waals surface area contributed by atoms with Crippen LogP contribution >= 0.6 is 0 Å². The molecule has 4 aromatic heterocycles. The smallest absolute Gasteiger partial charge is 0.294 e. The van der Waals surface area contributed by atoms with E-state index in [9.17, 15) is 47.3 Å². The molecule has 0 radical (unpaired) electrons. The summed E-state index contributed by atoms with van der Waals surface area (Å²) in [7, 11) is -17.0. The molecule has 0 aliphatic carbocycles. The number of nitrogens with zero attached hydrogens (tertiary/aromatic N) is 6. The van der Waals surface area contributed by atoms with E-state index in [-0.39, 0.29) is 19.6 Å². The molecule has 4 heterocycles. The van der Waals surface area contributed by atoms with E-state index in [1.165, 1.54) is 36.4 Å². The van der Waals surface area contributed by atoms with Gasteiger partial charge in [0.15, 0.2) is 0 Å². The van der Waals surface area contributed by atoms with E-state index in [2.05, 4.69) is 0 Å². The molecule has 0 aliphatic heterocycles. The van der Waals surface area contributed by atoms with Gasteiger partial charge in [0.2, 0.25) is 0 Å². The van der Waals surface area contributed by atoms with Crippen molar-refractivity contribution in [1.82, 2.24) is 28.1 Å². The molecule has 336 valence electrons. The summed E-state index contributed by atoms with van der Waals surface area (Å²) < 4.78 is 134. The predicted molar refractivity (Wildman–Crippen MR) is 241 cm³/mol. The second-order valence-corrected chi connectivity index (χ2v) is 20.9. The maximum atomic E-state index is 11.6. The fourth-order valence-corrected chi connectivity index (χ4v) is 10.2. The molecule has 0 bridgehead atoms. The summed E-state index contributed by atoms with van der Waals surface area (Å²) in [6.07, 6.45) is 0. The number of hydrogen-bond acceptors (Lipinski definition) is 10. The lowest BCUT2D eigenvalue weighted by Gasteiger charge is -2.05. The van der Waals surface area contributed by atoms with Gasteiger partial charge in [0.1, 0.15) is 22.1 Å². The van der Waals surface area contributed by atoms with Crippen molar-refractivity contribution in [2.75, 3.05) is 11.5 Å². The minimum absolute atomic E-state index is 0.104. The molecule has 11 aromatic rings. The Bertz CT molecular complexity index is 4190. The van der Waals surface area contributed by atoms with Gasteiger partial charge in [-0.05, 0) is 127 Å². The number of rotatable bonds is 6. The van der Waals surface area contributed by atoms with E-state index in [4.69, 9.17) is 16.0 Å². The van der Waals surface area contributed by atoms with Gasteiger partial charge in [0, 0.05) is 22.1 Å². The van der Waals surface area contributed by atoms with Crippen LogP contribution in [0.25, 0.3) is 55.0 Å². The first-order valence-corrected chi connectivity index (χ1v) is 24.8. The molecule has 11 rings (SSSR count). The molecule has 20 nitrogen and oxygen atoms in total. The van der Waals surface area contributed by atoms with Crippen LogP contribution in [0.15, 0.2) is 135 Å². The monoisotopic (exact) mass is 960 g/mol. The van der Waals surface area contributed by atoms with E-state index in [0.717, 1.165) is 55.2 Å². The van der Waals surface area contributed by atoms with Crippen LogP contribution in [0.5, 0.6) is 0 Å². The number of anilines is 2. The second-order valence-electron chi connectivity index (χ2n) is 15.3. The Kier molecular flexibility index (Phi) is 9.71. The van der Waals surface area contributed by atoms with Crippen molar-refractivity contribution in [2.24, 2.45) is 0 Å². The minimum Gasteiger partial charge on any atom is -0.399 e. The third kappa shape index (κ3) is 7.49. The van der Waals surface area contributed by atoms with Gasteiger partial charge in [-0.2, -0.15) is 43.3 Å². The summed E-state index contributed by atoms with van der Waals surface area (Å²) in [5.41, 5.74) is 19.5. The summed E-state index contributed by atoms with van der Waals surface area (Å²) >= 11 is 0. The van der Waals surface area contributed by atoms with Crippen LogP contribution in [0.1, 0.15) is 16.7 Å². The van der Waals surface area contributed by atoms with Gasteiger partial charge in [-0.3, -0.25) is 18.2 Å². The van der Waals surface area contributed by atoms with Crippen molar-refractivity contribution >= 4 is 95.5 Å². The predicted octanol–water partition coefficient (Wildman–Crippen LogP) is 5.91. The highest BCUT2D eigenvalue weighted by atomic mass is 32.2. The van der Waals surface area contributed by atoms with Crippen LogP contribution in [0, 0.1) is 20.8 Å². The van der Waals surface area contributed by atoms with Gasteiger partial charge in [-0.15, -0.1) is 18.5 Å². The fourth-order valence-electron chi connectivity index (χ4n) is 7.68. The molecule has 65 heavy (non-hydrogen) atoms. The van der Waals surface area contributed by atoms with Crippen LogP contribution in [0.3, 0.4) is 0 Å². The lowest BCUT2D eigenvalue weighted by atomic mass is 10.1. The summed E-state index contributed by atoms with van der Waals surface area (Å²) in [5.74, 6) is 0. The van der Waals surface area contributed by atoms with Crippen molar-refractivity contribution in [3.63, 3.8) is 0 Å². The van der Waals surface area contributed by atoms with Crippen molar-refractivity contribution in [3.8, 4) is 11.4 Å². The molecular weight excluding hydrogens is 925 g/mol. The van der Waals surface area contributed by atoms with E-state index < -0.39 is 40.5 Å². The highest BCUT2D eigenvalue weighted by Crippen LogP contribution is 2.36. The lowest BCUT2D eigenvalue weighted by Crippen LogP contribution is -2.02. The Balaban J connectivity index is 0.000000133. The van der Waals surface area contributed by atoms with Crippen LogP contribution in [-0.2, 0) is 40.5 Å². The Labute approximate surface area is 368 Å². The van der Waals surface area contributed by atoms with Crippen molar-refractivity contribution in [3.05, 3.63) is 132 Å². The van der Waals surface area contributed by atoms with Crippen LogP contribution in [-0.4, -0.2) is 80.0 Å². The van der Waals surface area contributed by atoms with Gasteiger partial charge in [-0.25, -0.2) is 0 Å². The normalized spacial score (nSPS) is 12.8. The van der Waals surface area contributed by atoms with Gasteiger partial charge in [0.05, 0.1) is 31.0 Å². The molecule has 0 fully saturated rings. The lowest BCUT2D eigenvalue weighted by molar-refractivity contribution is 0.480. The van der Waals surface area contributed by atoms with Gasteiger partial charge in [-0.1, -0.05) is 36.4 Å². The SMILES string of the molecule is Cc1cc(-n2n3c4ccc5cc(S(=O)(=O)O)ccc5c4n23)ccc1N.Cc1ccc(-n2n3c4ccc5cc(S(=O)(=O)O)ccc5c4n23)cc1S(=O)(=O)O.Cc1ccc(N)cc1S(=O)(=O)O. The Morgan fingerprint density at radius 3 is 1.28 bits per heavy atom. The zero-order valence-electron chi connectivity index (χ0n) is 34.0. The molecule has 24 heteroatoms. The highest BCUT2D eigenvalue weighted by Gasteiger charge is 2.28. The first-order chi connectivity index (χ1) is 30.3. The minimum atomic E-state index is -4.34. The average Bonchev–Trinajstić information content (AvgIpc) is 4.08. The van der Waals surface area contributed by atoms with E-state index in [1.807, 2.05) is 55.9 Å². The zero-order valence-corrected chi connectivity index (χ0v) is 37.3. The Morgan fingerprint density at radius 2 is 0.846 bits per heavy atom. The third-order valence-corrected chi connectivity index (χ3v) is 14.7. The molecule has 0 unspecified atom stereocenters. The van der Waals surface area contributed by atoms with E-state index >= 15 is 0 Å². The van der Waals surface area contributed by atoms with Crippen LogP contribution in [0.2, 0.25) is 0 Å². The average molecular weight is 961 g/mol. The number of benzene rings is 7. The highest BCUT2D eigenvalue weighted by molar-refractivity contribution is 7.86. The van der Waals surface area contributed by atoms with Gasteiger partial charge < -0.3 is 11.5 Å². The summed E-state index contributed by atoms with van der Waals surface area (Å²) in [5, 5.41) is 3.11. The van der Waals surface area contributed by atoms with E-state index in [1.54, 1.807) is 71.8 Å². The molecule has 8 N–H and O–H groups in total. The number of aryl methyl sites for hydroxylation is 3. The van der Waals surface area contributed by atoms with Crippen LogP contribution < -0.4 is 11.5 Å². The number of hydrogen-bond donors (Lipinski definition) is 6. The molecule has 0 saturated heterocycles. The Hall–Kier alpha value is -6.90. The number of nitrogens with two attached hydrogens (primary N) is 2. The maximum Gasteiger partial charge on any atom is 0.294 e. The molecule has 0 saturated carbocycles. The first-order valence-electron chi connectivity index (χ1n) is 19.0. The van der Waals surface area contributed by atoms with Gasteiger partial charge in [0.25, 0.3) is 40.5 Å². The third-order valence-electron chi connectivity index (χ3n) is 11.0. The molecule has 0 aliphatic rings. The molecule has 0 amide bonds. The molecule has 0 atom stereocenters. The molecular formula is C41H36N8O12S4. The summed E-state index contributed by atoms with van der Waals surface area (Å²) in [6, 6.07) is 31.2. The standard InChI is InChI=1S/C17H14N4O3S.C17H13N3O6S2.C7H9NO3S/c1-10-8-12(3-6-15(10)18)19-20-16-7-2-11-9-13(25(22,23)24)4-5-14(11)17(16)21(19)20;1-10-2-4-12(9-16(10)28(24,25)26)18-19-15-7-3-11-8-13(27(21,22)23)5-6-14(11)17(15)20(18)19;1-5-2-3-6(8)4-7(5)12(9,10)11/h2-9H,18H2,1H3,(H,22,23,24);2-9H,1H3,(H,21,22,23)(H,24,25,26);2-4H,8H2,1H3,(H,9,10,11). The topological polar surface area (TPSA) is 297 Å². The van der Waals surface area contributed by atoms with Crippen molar-refractivity contribution < 1.29 is 51.9 Å². The first kappa shape index (κ1) is 43.4. The quantitative estimate of drug-likeness (QED) is 0.0834. The number of nitrogen functional groups attached to an aromatic ring is 2. The number of aromatic nitrogens is 6. The van der Waals surface area contributed by atoms with Gasteiger partial charge >= 0.3 is 0 Å². The van der Waals surface area contributed by atoms with Crippen molar-refractivity contribution in [2.45, 2.75) is 40.4 Å². The largest absolute Gasteiger partial charge is 0.399 e. The van der Waals surface area contributed by atoms with Crippen molar-refractivity contribution in [1.29, 1.82) is 0 Å². The van der Waals surface area contributed by atoms with Crippen LogP contribution in [0.4, 0.5) is 11.4 Å². The number of fused-ring (bicyclic) bond motifs is 12. The maximum absolute atomic E-state index is 11.6.